The van der Waals surface area contributed by atoms with Gasteiger partial charge in [-0.2, -0.15) is 0 Å². The van der Waals surface area contributed by atoms with E-state index in [1.54, 1.807) is 7.05 Å². The van der Waals surface area contributed by atoms with Crippen molar-refractivity contribution in [2.24, 2.45) is 10.9 Å². The monoisotopic (exact) mass is 409 g/mol. The molecule has 1 aliphatic heterocycles. The minimum Gasteiger partial charge on any atom is -0.356 e. The molecule has 0 saturated carbocycles. The molecule has 1 aliphatic rings. The summed E-state index contributed by atoms with van der Waals surface area (Å²) in [5.74, 6) is 1.66. The second-order valence-electron chi connectivity index (χ2n) is 7.51. The van der Waals surface area contributed by atoms with Gasteiger partial charge in [-0.1, -0.05) is 31.2 Å². The fraction of sp³-hybridized carbons (Fsp3) is 0.650. The van der Waals surface area contributed by atoms with Crippen LogP contribution in [0.1, 0.15) is 37.3 Å². The average molecular weight is 410 g/mol. The Bertz CT molecular complexity index is 711. The first-order valence-corrected chi connectivity index (χ1v) is 11.7. The minimum absolute atomic E-state index is 0.00361. The van der Waals surface area contributed by atoms with E-state index in [2.05, 4.69) is 32.2 Å². The molecule has 0 amide bonds. The minimum atomic E-state index is -3.24. The predicted octanol–water partition coefficient (Wildman–Crippen LogP) is 1.52. The van der Waals surface area contributed by atoms with Crippen LogP contribution in [0.2, 0.25) is 0 Å². The molecule has 7 nitrogen and oxygen atoms in total. The van der Waals surface area contributed by atoms with Crippen LogP contribution in [-0.4, -0.2) is 59.6 Å². The van der Waals surface area contributed by atoms with Crippen molar-refractivity contribution in [2.75, 3.05) is 40.3 Å². The summed E-state index contributed by atoms with van der Waals surface area (Å²) in [6, 6.07) is 7.58. The Balaban J connectivity index is 1.67. The van der Waals surface area contributed by atoms with Gasteiger partial charge in [-0.05, 0) is 63.0 Å². The van der Waals surface area contributed by atoms with E-state index in [1.165, 1.54) is 33.0 Å². The van der Waals surface area contributed by atoms with Crippen LogP contribution in [0, 0.1) is 5.92 Å². The van der Waals surface area contributed by atoms with E-state index < -0.39 is 10.0 Å². The lowest BCUT2D eigenvalue weighted by molar-refractivity contribution is 0.191. The lowest BCUT2D eigenvalue weighted by Gasteiger charge is -2.30. The molecule has 2 rings (SSSR count). The van der Waals surface area contributed by atoms with Crippen LogP contribution < -0.4 is 15.4 Å². The molecule has 0 radical (unpaired) electrons. The highest BCUT2D eigenvalue weighted by atomic mass is 32.2. The number of guanidine groups is 1. The smallest absolute Gasteiger partial charge is 0.215 e. The van der Waals surface area contributed by atoms with Gasteiger partial charge in [-0.15, -0.1) is 0 Å². The van der Waals surface area contributed by atoms with Gasteiger partial charge in [0.25, 0.3) is 0 Å². The fourth-order valence-corrected chi connectivity index (χ4v) is 4.02. The van der Waals surface area contributed by atoms with Crippen LogP contribution in [0.5, 0.6) is 0 Å². The molecule has 0 spiro atoms. The molecule has 1 saturated heterocycles. The van der Waals surface area contributed by atoms with Crippen molar-refractivity contribution in [2.45, 2.75) is 38.5 Å². The van der Waals surface area contributed by atoms with Gasteiger partial charge in [0.2, 0.25) is 10.0 Å². The number of piperidine rings is 1. The fourth-order valence-electron chi connectivity index (χ4n) is 3.25. The van der Waals surface area contributed by atoms with Crippen LogP contribution >= 0.6 is 0 Å². The number of hydrogen-bond donors (Lipinski definition) is 3. The molecule has 8 heteroatoms. The van der Waals surface area contributed by atoms with Crippen molar-refractivity contribution >= 4 is 16.0 Å². The van der Waals surface area contributed by atoms with Gasteiger partial charge in [0.15, 0.2) is 5.96 Å². The second-order valence-corrected chi connectivity index (χ2v) is 9.44. The van der Waals surface area contributed by atoms with Gasteiger partial charge >= 0.3 is 0 Å². The number of sulfonamides is 1. The van der Waals surface area contributed by atoms with E-state index in [0.29, 0.717) is 6.54 Å². The Labute approximate surface area is 170 Å². The number of hydrogen-bond acceptors (Lipinski definition) is 4. The topological polar surface area (TPSA) is 85.8 Å². The van der Waals surface area contributed by atoms with Gasteiger partial charge in [0.1, 0.15) is 0 Å². The molecular weight excluding hydrogens is 374 g/mol. The van der Waals surface area contributed by atoms with Crippen molar-refractivity contribution in [3.63, 3.8) is 0 Å². The number of likely N-dealkylation sites (tertiary alicyclic amines) is 1. The van der Waals surface area contributed by atoms with Gasteiger partial charge in [0, 0.05) is 20.1 Å². The highest BCUT2D eigenvalue weighted by molar-refractivity contribution is 7.88. The first-order chi connectivity index (χ1) is 13.4. The van der Waals surface area contributed by atoms with Crippen molar-refractivity contribution in [3.05, 3.63) is 35.4 Å². The van der Waals surface area contributed by atoms with Crippen LogP contribution in [0.15, 0.2) is 29.3 Å². The van der Waals surface area contributed by atoms with Crippen molar-refractivity contribution < 1.29 is 8.42 Å². The van der Waals surface area contributed by atoms with Crippen molar-refractivity contribution in [1.29, 1.82) is 0 Å². The summed E-state index contributed by atoms with van der Waals surface area (Å²) >= 11 is 0. The van der Waals surface area contributed by atoms with E-state index in [4.69, 9.17) is 0 Å². The van der Waals surface area contributed by atoms with Crippen LogP contribution in [0.25, 0.3) is 0 Å². The highest BCUT2D eigenvalue weighted by Crippen LogP contribution is 2.15. The summed E-state index contributed by atoms with van der Waals surface area (Å²) < 4.78 is 25.5. The maximum absolute atomic E-state index is 11.6. The first-order valence-electron chi connectivity index (χ1n) is 10.1. The molecular formula is C20H35N5O2S. The predicted molar refractivity (Wildman–Crippen MR) is 116 cm³/mol. The molecule has 158 valence electrons. The number of benzene rings is 1. The number of nitrogens with one attached hydrogen (secondary N) is 3. The standard InChI is InChI=1S/C20H35N5O2S/c1-17-9-13-25(14-10-17)12-4-11-23-20(21-2)24-15-18-5-7-19(8-6-18)16-28(26,27)22-3/h5-8,17,22H,4,9-16H2,1-3H3,(H2,21,23,24). The highest BCUT2D eigenvalue weighted by Gasteiger charge is 2.14. The third-order valence-electron chi connectivity index (χ3n) is 5.19. The molecule has 1 aromatic rings. The molecule has 0 unspecified atom stereocenters. The van der Waals surface area contributed by atoms with Gasteiger partial charge < -0.3 is 15.5 Å². The largest absolute Gasteiger partial charge is 0.356 e. The normalized spacial score (nSPS) is 16.9. The molecule has 28 heavy (non-hydrogen) atoms. The second kappa shape index (κ2) is 11.4. The van der Waals surface area contributed by atoms with E-state index in [1.807, 2.05) is 24.3 Å². The van der Waals surface area contributed by atoms with Crippen LogP contribution in [0.3, 0.4) is 0 Å². The summed E-state index contributed by atoms with van der Waals surface area (Å²) in [5.41, 5.74) is 1.85. The summed E-state index contributed by atoms with van der Waals surface area (Å²) in [6.07, 6.45) is 3.73. The number of nitrogens with zero attached hydrogens (tertiary/aromatic N) is 2. The molecule has 0 aliphatic carbocycles. The molecule has 3 N–H and O–H groups in total. The molecule has 0 atom stereocenters. The van der Waals surface area contributed by atoms with E-state index in [-0.39, 0.29) is 5.75 Å². The lowest BCUT2D eigenvalue weighted by Crippen LogP contribution is -2.39. The molecule has 0 aromatic heterocycles. The molecule has 0 bridgehead atoms. The first kappa shape index (κ1) is 22.6. The zero-order valence-electron chi connectivity index (χ0n) is 17.4. The summed E-state index contributed by atoms with van der Waals surface area (Å²) in [5, 5.41) is 6.67. The zero-order valence-corrected chi connectivity index (χ0v) is 18.2. The Morgan fingerprint density at radius 2 is 1.79 bits per heavy atom. The lowest BCUT2D eigenvalue weighted by atomic mass is 9.99. The van der Waals surface area contributed by atoms with Crippen molar-refractivity contribution in [3.8, 4) is 0 Å². The number of aliphatic imine (C=N–C) groups is 1. The third-order valence-corrected chi connectivity index (χ3v) is 6.53. The molecule has 1 aromatic carbocycles. The Morgan fingerprint density at radius 3 is 2.39 bits per heavy atom. The van der Waals surface area contributed by atoms with Crippen LogP contribution in [-0.2, 0) is 22.3 Å². The Kier molecular flexibility index (Phi) is 9.21. The van der Waals surface area contributed by atoms with Gasteiger partial charge in [-0.3, -0.25) is 4.99 Å². The quantitative estimate of drug-likeness (QED) is 0.327. The average Bonchev–Trinajstić information content (AvgIpc) is 2.69. The SMILES string of the molecule is CN=C(NCCCN1CCC(C)CC1)NCc1ccc(CS(=O)(=O)NC)cc1. The molecule has 1 fully saturated rings. The third kappa shape index (κ3) is 8.16. The van der Waals surface area contributed by atoms with Crippen molar-refractivity contribution in [1.82, 2.24) is 20.3 Å². The summed E-state index contributed by atoms with van der Waals surface area (Å²) in [4.78, 5) is 6.82. The van der Waals surface area contributed by atoms with E-state index in [9.17, 15) is 8.42 Å². The molecule has 1 heterocycles. The Hall–Kier alpha value is -1.64. The maximum atomic E-state index is 11.6. The summed E-state index contributed by atoms with van der Waals surface area (Å²) in [7, 11) is -0.0365. The van der Waals surface area contributed by atoms with Gasteiger partial charge in [0.05, 0.1) is 5.75 Å². The number of rotatable bonds is 9. The zero-order chi connectivity index (χ0) is 20.4. The Morgan fingerprint density at radius 1 is 1.14 bits per heavy atom. The van der Waals surface area contributed by atoms with Crippen LogP contribution in [0.4, 0.5) is 0 Å². The summed E-state index contributed by atoms with van der Waals surface area (Å²) in [6.45, 7) is 7.45. The van der Waals surface area contributed by atoms with E-state index in [0.717, 1.165) is 42.5 Å². The van der Waals surface area contributed by atoms with Gasteiger partial charge in [-0.25, -0.2) is 13.1 Å². The maximum Gasteiger partial charge on any atom is 0.215 e. The van der Waals surface area contributed by atoms with E-state index >= 15 is 0 Å².